The molecule has 2 aromatic heterocycles. The average Bonchev–Trinajstić information content (AvgIpc) is 3.26. The first kappa shape index (κ1) is 22.2. The zero-order chi connectivity index (χ0) is 22.3. The molecule has 5 nitrogen and oxygen atoms in total. The molecular formula is C25H24ClN3O2S. The fourth-order valence-corrected chi connectivity index (χ4v) is 4.57. The van der Waals surface area contributed by atoms with Crippen molar-refractivity contribution in [2.45, 2.75) is 32.7 Å². The topological polar surface area (TPSA) is 55.3 Å². The number of carbonyl (C=O) groups is 1. The molecule has 164 valence electrons. The lowest BCUT2D eigenvalue weighted by Crippen LogP contribution is -2.30. The van der Waals surface area contributed by atoms with Crippen LogP contribution in [-0.2, 0) is 6.54 Å². The third-order valence-corrected chi connectivity index (χ3v) is 6.36. The number of nitrogens with zero attached hydrogens (tertiary/aromatic N) is 3. The van der Waals surface area contributed by atoms with Crippen LogP contribution in [0.2, 0.25) is 5.02 Å². The van der Waals surface area contributed by atoms with Gasteiger partial charge in [0.15, 0.2) is 5.13 Å². The highest BCUT2D eigenvalue weighted by Crippen LogP contribution is 2.34. The number of amides is 1. The van der Waals surface area contributed by atoms with E-state index in [2.05, 4.69) is 16.9 Å². The lowest BCUT2D eigenvalue weighted by Gasteiger charge is -2.20. The van der Waals surface area contributed by atoms with Gasteiger partial charge in [-0.1, -0.05) is 54.8 Å². The number of rotatable bonds is 9. The number of carbonyl (C=O) groups excluding carboxylic acids is 1. The maximum atomic E-state index is 13.5. The van der Waals surface area contributed by atoms with E-state index in [-0.39, 0.29) is 5.91 Å². The van der Waals surface area contributed by atoms with E-state index in [0.29, 0.717) is 34.4 Å². The van der Waals surface area contributed by atoms with Crippen LogP contribution >= 0.6 is 22.9 Å². The predicted molar refractivity (Wildman–Crippen MR) is 131 cm³/mol. The van der Waals surface area contributed by atoms with Gasteiger partial charge in [-0.15, -0.1) is 0 Å². The molecule has 7 heteroatoms. The number of para-hydroxylation sites is 1. The Labute approximate surface area is 196 Å². The summed E-state index contributed by atoms with van der Waals surface area (Å²) in [6, 6.07) is 16.7. The lowest BCUT2D eigenvalue weighted by molar-refractivity contribution is 0.0985. The monoisotopic (exact) mass is 465 g/mol. The first-order valence-corrected chi connectivity index (χ1v) is 11.8. The van der Waals surface area contributed by atoms with Crippen LogP contribution in [0, 0.1) is 0 Å². The van der Waals surface area contributed by atoms with Gasteiger partial charge in [0.25, 0.3) is 5.91 Å². The number of anilines is 1. The van der Waals surface area contributed by atoms with Crippen LogP contribution in [0.5, 0.6) is 5.75 Å². The Bertz CT molecular complexity index is 1180. The van der Waals surface area contributed by atoms with Gasteiger partial charge < -0.3 is 4.74 Å². The molecule has 0 atom stereocenters. The molecule has 0 saturated carbocycles. The van der Waals surface area contributed by atoms with E-state index in [4.69, 9.17) is 16.3 Å². The number of unbranched alkanes of at least 4 members (excludes halogenated alkanes) is 2. The Morgan fingerprint density at radius 2 is 1.94 bits per heavy atom. The van der Waals surface area contributed by atoms with Gasteiger partial charge >= 0.3 is 0 Å². The maximum absolute atomic E-state index is 13.5. The van der Waals surface area contributed by atoms with Crippen molar-refractivity contribution in [3.63, 3.8) is 0 Å². The fraction of sp³-hybridized carbons (Fsp3) is 0.240. The van der Waals surface area contributed by atoms with E-state index < -0.39 is 0 Å². The van der Waals surface area contributed by atoms with Crippen LogP contribution in [0.4, 0.5) is 5.13 Å². The molecule has 4 aromatic rings. The molecule has 0 aliphatic heterocycles. The molecule has 0 N–H and O–H groups in total. The SMILES string of the molecule is CCCCCOc1ccc(C(=O)N(Cc2cccnc2)c2nc3c(Cl)cccc3s2)cc1. The summed E-state index contributed by atoms with van der Waals surface area (Å²) < 4.78 is 6.72. The Morgan fingerprint density at radius 1 is 1.09 bits per heavy atom. The predicted octanol–water partition coefficient (Wildman–Crippen LogP) is 6.76. The van der Waals surface area contributed by atoms with Crippen LogP contribution in [0.1, 0.15) is 42.1 Å². The minimum atomic E-state index is -0.137. The minimum absolute atomic E-state index is 0.137. The van der Waals surface area contributed by atoms with Crippen molar-refractivity contribution in [1.29, 1.82) is 0 Å². The molecule has 0 radical (unpaired) electrons. The van der Waals surface area contributed by atoms with Gasteiger partial charge in [-0.25, -0.2) is 4.98 Å². The second-order valence-corrected chi connectivity index (χ2v) is 8.83. The summed E-state index contributed by atoms with van der Waals surface area (Å²) in [5.74, 6) is 0.629. The summed E-state index contributed by atoms with van der Waals surface area (Å²) in [4.78, 5) is 24.1. The highest BCUT2D eigenvalue weighted by molar-refractivity contribution is 7.22. The smallest absolute Gasteiger partial charge is 0.260 e. The van der Waals surface area contributed by atoms with E-state index in [1.165, 1.54) is 11.3 Å². The Balaban J connectivity index is 1.60. The van der Waals surface area contributed by atoms with Crippen molar-refractivity contribution in [2.24, 2.45) is 0 Å². The zero-order valence-electron chi connectivity index (χ0n) is 17.8. The fourth-order valence-electron chi connectivity index (χ4n) is 3.31. The normalized spacial score (nSPS) is 10.9. The molecule has 2 aromatic carbocycles. The Morgan fingerprint density at radius 3 is 2.66 bits per heavy atom. The van der Waals surface area contributed by atoms with Gasteiger partial charge in [0.1, 0.15) is 11.3 Å². The third kappa shape index (κ3) is 5.26. The summed E-state index contributed by atoms with van der Waals surface area (Å²) in [6.45, 7) is 3.21. The molecule has 0 saturated heterocycles. The molecule has 1 amide bonds. The largest absolute Gasteiger partial charge is 0.494 e. The minimum Gasteiger partial charge on any atom is -0.494 e. The van der Waals surface area contributed by atoms with Crippen molar-refractivity contribution < 1.29 is 9.53 Å². The highest BCUT2D eigenvalue weighted by Gasteiger charge is 2.22. The van der Waals surface area contributed by atoms with Gasteiger partial charge in [0.2, 0.25) is 0 Å². The van der Waals surface area contributed by atoms with Gasteiger partial charge in [0.05, 0.1) is 22.9 Å². The molecule has 0 aliphatic carbocycles. The molecular weight excluding hydrogens is 442 g/mol. The van der Waals surface area contributed by atoms with Crippen LogP contribution in [-0.4, -0.2) is 22.5 Å². The molecule has 0 spiro atoms. The molecule has 4 rings (SSSR count). The summed E-state index contributed by atoms with van der Waals surface area (Å²) >= 11 is 7.77. The van der Waals surface area contributed by atoms with E-state index in [1.54, 1.807) is 35.5 Å². The summed E-state index contributed by atoms with van der Waals surface area (Å²) in [5, 5.41) is 1.17. The van der Waals surface area contributed by atoms with E-state index in [9.17, 15) is 4.79 Å². The first-order valence-electron chi connectivity index (χ1n) is 10.6. The summed E-state index contributed by atoms with van der Waals surface area (Å²) in [6.07, 6.45) is 6.79. The number of ether oxygens (including phenoxy) is 1. The van der Waals surface area contributed by atoms with Gasteiger partial charge in [-0.05, 0) is 54.4 Å². The van der Waals surface area contributed by atoms with Crippen molar-refractivity contribution in [2.75, 3.05) is 11.5 Å². The number of hydrogen-bond donors (Lipinski definition) is 0. The summed E-state index contributed by atoms with van der Waals surface area (Å²) in [7, 11) is 0. The van der Waals surface area contributed by atoms with Crippen LogP contribution in [0.3, 0.4) is 0 Å². The van der Waals surface area contributed by atoms with Gasteiger partial charge in [-0.3, -0.25) is 14.7 Å². The van der Waals surface area contributed by atoms with Crippen molar-refractivity contribution in [1.82, 2.24) is 9.97 Å². The molecule has 0 aliphatic rings. The van der Waals surface area contributed by atoms with E-state index in [0.717, 1.165) is 35.3 Å². The molecule has 0 unspecified atom stereocenters. The number of hydrogen-bond acceptors (Lipinski definition) is 5. The quantitative estimate of drug-likeness (QED) is 0.256. The molecule has 0 bridgehead atoms. The molecule has 2 heterocycles. The highest BCUT2D eigenvalue weighted by atomic mass is 35.5. The van der Waals surface area contributed by atoms with E-state index >= 15 is 0 Å². The molecule has 0 fully saturated rings. The summed E-state index contributed by atoms with van der Waals surface area (Å²) in [5.41, 5.74) is 2.19. The van der Waals surface area contributed by atoms with Crippen LogP contribution in [0.25, 0.3) is 10.2 Å². The van der Waals surface area contributed by atoms with Crippen molar-refractivity contribution in [3.8, 4) is 5.75 Å². The number of aromatic nitrogens is 2. The van der Waals surface area contributed by atoms with Crippen LogP contribution in [0.15, 0.2) is 67.0 Å². The average molecular weight is 466 g/mol. The second-order valence-electron chi connectivity index (χ2n) is 7.42. The maximum Gasteiger partial charge on any atom is 0.260 e. The zero-order valence-corrected chi connectivity index (χ0v) is 19.4. The molecule has 32 heavy (non-hydrogen) atoms. The van der Waals surface area contributed by atoms with Crippen molar-refractivity contribution in [3.05, 3.63) is 83.1 Å². The first-order chi connectivity index (χ1) is 15.7. The number of fused-ring (bicyclic) bond motifs is 1. The third-order valence-electron chi connectivity index (χ3n) is 5.02. The lowest BCUT2D eigenvalue weighted by atomic mass is 10.1. The Kier molecular flexibility index (Phi) is 7.35. The van der Waals surface area contributed by atoms with Gasteiger partial charge in [-0.2, -0.15) is 0 Å². The van der Waals surface area contributed by atoms with E-state index in [1.807, 2.05) is 36.4 Å². The number of halogens is 1. The van der Waals surface area contributed by atoms with Crippen LogP contribution < -0.4 is 9.64 Å². The Hall–Kier alpha value is -2.96. The standard InChI is InChI=1S/C25H24ClN3O2S/c1-2-3-4-15-31-20-12-10-19(11-13-20)24(30)29(17-18-7-6-14-27-16-18)25-28-23-21(26)8-5-9-22(23)32-25/h5-14,16H,2-4,15,17H2,1H3. The van der Waals surface area contributed by atoms with Crippen molar-refractivity contribution >= 4 is 44.2 Å². The second kappa shape index (κ2) is 10.6. The number of pyridine rings is 1. The number of thiazole rings is 1. The number of benzene rings is 2. The van der Waals surface area contributed by atoms with Gasteiger partial charge in [0, 0.05) is 18.0 Å².